The summed E-state index contributed by atoms with van der Waals surface area (Å²) < 4.78 is 23.0. The van der Waals surface area contributed by atoms with Crippen molar-refractivity contribution in [2.75, 3.05) is 11.6 Å². The maximum absolute atomic E-state index is 11.5. The molecule has 0 atom stereocenters. The third-order valence-electron chi connectivity index (χ3n) is 2.44. The lowest BCUT2D eigenvalue weighted by molar-refractivity contribution is 0.602. The van der Waals surface area contributed by atoms with Gasteiger partial charge in [-0.25, -0.2) is 8.42 Å². The number of benzene rings is 1. The normalized spacial score (nSPS) is 11.5. The molecule has 0 unspecified atom stereocenters. The summed E-state index contributed by atoms with van der Waals surface area (Å²) in [5, 5.41) is 6.12. The Labute approximate surface area is 126 Å². The van der Waals surface area contributed by atoms with Crippen LogP contribution >= 0.6 is 34.5 Å². The van der Waals surface area contributed by atoms with Gasteiger partial charge in [0.1, 0.15) is 0 Å². The maximum Gasteiger partial charge on any atom is 0.175 e. The van der Waals surface area contributed by atoms with Crippen molar-refractivity contribution in [2.24, 2.45) is 0 Å². The van der Waals surface area contributed by atoms with Gasteiger partial charge in [0.25, 0.3) is 0 Å². The zero-order valence-corrected chi connectivity index (χ0v) is 13.1. The highest BCUT2D eigenvalue weighted by Gasteiger charge is 2.10. The molecule has 19 heavy (non-hydrogen) atoms. The van der Waals surface area contributed by atoms with Gasteiger partial charge in [0.05, 0.1) is 20.6 Å². The summed E-state index contributed by atoms with van der Waals surface area (Å²) in [6.07, 6.45) is 1.17. The second kappa shape index (κ2) is 5.71. The monoisotopic (exact) mass is 335 g/mol. The minimum absolute atomic E-state index is 0.239. The standard InChI is InChI=1S/C12H11Cl2NO2S2/c1-19(16,17)10-2-3-11(14)12(5-10)15-6-9-4-8(13)7-18-9/h2-5,7,15H,6H2,1H3. The van der Waals surface area contributed by atoms with Gasteiger partial charge in [-0.2, -0.15) is 0 Å². The number of hydrogen-bond acceptors (Lipinski definition) is 4. The second-order valence-electron chi connectivity index (χ2n) is 4.00. The highest BCUT2D eigenvalue weighted by Crippen LogP contribution is 2.27. The van der Waals surface area contributed by atoms with Crippen LogP contribution in [0, 0.1) is 0 Å². The molecule has 1 aromatic carbocycles. The van der Waals surface area contributed by atoms with E-state index in [1.165, 1.54) is 29.7 Å². The lowest BCUT2D eigenvalue weighted by Gasteiger charge is -2.09. The van der Waals surface area contributed by atoms with E-state index in [1.807, 2.05) is 11.4 Å². The lowest BCUT2D eigenvalue weighted by atomic mass is 10.3. The number of hydrogen-bond donors (Lipinski definition) is 1. The Bertz CT molecular complexity index is 696. The number of halogens is 2. The lowest BCUT2D eigenvalue weighted by Crippen LogP contribution is -2.02. The largest absolute Gasteiger partial charge is 0.379 e. The summed E-state index contributed by atoms with van der Waals surface area (Å²) >= 11 is 13.4. The van der Waals surface area contributed by atoms with E-state index in [4.69, 9.17) is 23.2 Å². The Morgan fingerprint density at radius 2 is 2.00 bits per heavy atom. The first-order chi connectivity index (χ1) is 8.86. The van der Waals surface area contributed by atoms with Crippen molar-refractivity contribution in [3.05, 3.63) is 44.6 Å². The fourth-order valence-corrected chi connectivity index (χ4v) is 3.34. The van der Waals surface area contributed by atoms with Crippen LogP contribution in [0.1, 0.15) is 4.88 Å². The van der Waals surface area contributed by atoms with Crippen LogP contribution in [0.25, 0.3) is 0 Å². The predicted octanol–water partition coefficient (Wildman–Crippen LogP) is 4.07. The maximum atomic E-state index is 11.5. The number of sulfone groups is 1. The van der Waals surface area contributed by atoms with Crippen LogP contribution in [0.4, 0.5) is 5.69 Å². The van der Waals surface area contributed by atoms with Crippen molar-refractivity contribution in [3.63, 3.8) is 0 Å². The smallest absolute Gasteiger partial charge is 0.175 e. The molecule has 102 valence electrons. The first-order valence-electron chi connectivity index (χ1n) is 5.32. The Morgan fingerprint density at radius 1 is 1.26 bits per heavy atom. The van der Waals surface area contributed by atoms with Crippen LogP contribution < -0.4 is 5.32 Å². The molecular formula is C12H11Cl2NO2S2. The van der Waals surface area contributed by atoms with Crippen LogP contribution in [-0.4, -0.2) is 14.7 Å². The molecule has 0 amide bonds. The van der Waals surface area contributed by atoms with Gasteiger partial charge < -0.3 is 5.32 Å². The first kappa shape index (κ1) is 14.7. The Hall–Kier alpha value is -0.750. The highest BCUT2D eigenvalue weighted by molar-refractivity contribution is 7.90. The third kappa shape index (κ3) is 3.86. The van der Waals surface area contributed by atoms with E-state index < -0.39 is 9.84 Å². The minimum Gasteiger partial charge on any atom is -0.379 e. The minimum atomic E-state index is -3.24. The topological polar surface area (TPSA) is 46.2 Å². The number of thiophene rings is 1. The van der Waals surface area contributed by atoms with Crippen LogP contribution in [0.2, 0.25) is 10.0 Å². The van der Waals surface area contributed by atoms with E-state index in [0.29, 0.717) is 22.3 Å². The summed E-state index contributed by atoms with van der Waals surface area (Å²) in [7, 11) is -3.24. The van der Waals surface area contributed by atoms with Gasteiger partial charge in [0.15, 0.2) is 9.84 Å². The average Bonchev–Trinajstić information content (AvgIpc) is 2.72. The molecule has 7 heteroatoms. The molecule has 2 rings (SSSR count). The van der Waals surface area contributed by atoms with Crippen molar-refractivity contribution in [1.29, 1.82) is 0 Å². The number of rotatable bonds is 4. The van der Waals surface area contributed by atoms with E-state index in [1.54, 1.807) is 6.07 Å². The molecule has 0 bridgehead atoms. The van der Waals surface area contributed by atoms with E-state index in [0.717, 1.165) is 4.88 Å². The third-order valence-corrected chi connectivity index (χ3v) is 5.16. The fraction of sp³-hybridized carbons (Fsp3) is 0.167. The molecule has 3 nitrogen and oxygen atoms in total. The van der Waals surface area contributed by atoms with Crippen molar-refractivity contribution < 1.29 is 8.42 Å². The quantitative estimate of drug-likeness (QED) is 0.915. The molecule has 0 aliphatic carbocycles. The summed E-state index contributed by atoms with van der Waals surface area (Å²) in [6, 6.07) is 6.45. The van der Waals surface area contributed by atoms with E-state index in [2.05, 4.69) is 5.32 Å². The van der Waals surface area contributed by atoms with Crippen LogP contribution in [0.5, 0.6) is 0 Å². The summed E-state index contributed by atoms with van der Waals surface area (Å²) in [5.41, 5.74) is 0.592. The molecule has 0 fully saturated rings. The SMILES string of the molecule is CS(=O)(=O)c1ccc(Cl)c(NCc2cc(Cl)cs2)c1. The second-order valence-corrected chi connectivity index (χ2v) is 7.85. The number of anilines is 1. The van der Waals surface area contributed by atoms with Crippen LogP contribution in [0.15, 0.2) is 34.5 Å². The van der Waals surface area contributed by atoms with Gasteiger partial charge in [-0.05, 0) is 24.3 Å². The molecular weight excluding hydrogens is 325 g/mol. The molecule has 1 heterocycles. The summed E-state index contributed by atoms with van der Waals surface area (Å²) in [6.45, 7) is 0.546. The van der Waals surface area contributed by atoms with Gasteiger partial charge in [-0.1, -0.05) is 23.2 Å². The van der Waals surface area contributed by atoms with Crippen molar-refractivity contribution in [2.45, 2.75) is 11.4 Å². The Morgan fingerprint density at radius 3 is 2.58 bits per heavy atom. The average molecular weight is 336 g/mol. The zero-order valence-electron chi connectivity index (χ0n) is 9.98. The van der Waals surface area contributed by atoms with Gasteiger partial charge in [-0.3, -0.25) is 0 Å². The van der Waals surface area contributed by atoms with Crippen molar-refractivity contribution in [3.8, 4) is 0 Å². The molecule has 0 aliphatic rings. The zero-order chi connectivity index (χ0) is 14.0. The Kier molecular flexibility index (Phi) is 4.40. The van der Waals surface area contributed by atoms with Crippen molar-refractivity contribution in [1.82, 2.24) is 0 Å². The van der Waals surface area contributed by atoms with Gasteiger partial charge in [-0.15, -0.1) is 11.3 Å². The summed E-state index contributed by atoms with van der Waals surface area (Å²) in [5.74, 6) is 0. The van der Waals surface area contributed by atoms with Crippen LogP contribution in [-0.2, 0) is 16.4 Å². The molecule has 0 aliphatic heterocycles. The highest BCUT2D eigenvalue weighted by atomic mass is 35.5. The molecule has 1 aromatic heterocycles. The Balaban J connectivity index is 2.20. The molecule has 2 aromatic rings. The van der Waals surface area contributed by atoms with E-state index in [9.17, 15) is 8.42 Å². The molecule has 0 radical (unpaired) electrons. The van der Waals surface area contributed by atoms with Crippen molar-refractivity contribution >= 4 is 50.1 Å². The van der Waals surface area contributed by atoms with Gasteiger partial charge in [0.2, 0.25) is 0 Å². The van der Waals surface area contributed by atoms with Gasteiger partial charge >= 0.3 is 0 Å². The van der Waals surface area contributed by atoms with Crippen LogP contribution in [0.3, 0.4) is 0 Å². The van der Waals surface area contributed by atoms with Gasteiger partial charge in [0, 0.05) is 23.1 Å². The number of nitrogens with one attached hydrogen (secondary N) is 1. The van der Waals surface area contributed by atoms with E-state index >= 15 is 0 Å². The molecule has 0 saturated heterocycles. The predicted molar refractivity (Wildman–Crippen MR) is 81.2 cm³/mol. The summed E-state index contributed by atoms with van der Waals surface area (Å²) in [4.78, 5) is 1.29. The molecule has 0 saturated carbocycles. The van der Waals surface area contributed by atoms with E-state index in [-0.39, 0.29) is 4.90 Å². The fourth-order valence-electron chi connectivity index (χ4n) is 1.50. The molecule has 1 N–H and O–H groups in total. The first-order valence-corrected chi connectivity index (χ1v) is 8.85. The molecule has 0 spiro atoms.